The van der Waals surface area contributed by atoms with Crippen molar-refractivity contribution in [1.82, 2.24) is 14.8 Å². The summed E-state index contributed by atoms with van der Waals surface area (Å²) in [4.78, 5) is 15.8. The molecule has 0 fully saturated rings. The van der Waals surface area contributed by atoms with Crippen molar-refractivity contribution in [2.75, 3.05) is 13.7 Å². The predicted octanol–water partition coefficient (Wildman–Crippen LogP) is 1.15. The Bertz CT molecular complexity index is 562. The minimum atomic E-state index is -0.464. The average Bonchev–Trinajstić information content (AvgIpc) is 2.70. The molecule has 90 valence electrons. The molecule has 2 rings (SSSR count). The molecule has 0 N–H and O–H groups in total. The number of ether oxygens (including phenoxy) is 2. The van der Waals surface area contributed by atoms with E-state index in [4.69, 9.17) is 9.47 Å². The SMILES string of the molecule is CCOC(=O)c1cc(OC)c2cnn(C)c2n1. The maximum absolute atomic E-state index is 11.6. The lowest BCUT2D eigenvalue weighted by Gasteiger charge is -2.05. The summed E-state index contributed by atoms with van der Waals surface area (Å²) in [6, 6.07) is 1.56. The van der Waals surface area contributed by atoms with Crippen molar-refractivity contribution in [2.24, 2.45) is 7.05 Å². The van der Waals surface area contributed by atoms with Gasteiger partial charge in [-0.2, -0.15) is 5.10 Å². The van der Waals surface area contributed by atoms with E-state index < -0.39 is 5.97 Å². The quantitative estimate of drug-likeness (QED) is 0.747. The second kappa shape index (κ2) is 4.40. The van der Waals surface area contributed by atoms with Gasteiger partial charge in [0, 0.05) is 13.1 Å². The van der Waals surface area contributed by atoms with Crippen LogP contribution in [0, 0.1) is 0 Å². The number of hydrogen-bond donors (Lipinski definition) is 0. The Morgan fingerprint density at radius 2 is 2.29 bits per heavy atom. The van der Waals surface area contributed by atoms with Gasteiger partial charge in [-0.15, -0.1) is 0 Å². The van der Waals surface area contributed by atoms with Crippen LogP contribution < -0.4 is 4.74 Å². The van der Waals surface area contributed by atoms with Crippen LogP contribution in [-0.2, 0) is 11.8 Å². The normalized spacial score (nSPS) is 10.5. The Hall–Kier alpha value is -2.11. The van der Waals surface area contributed by atoms with Crippen molar-refractivity contribution >= 4 is 17.0 Å². The van der Waals surface area contributed by atoms with Crippen molar-refractivity contribution in [1.29, 1.82) is 0 Å². The molecule has 2 heterocycles. The van der Waals surface area contributed by atoms with Crippen LogP contribution in [0.15, 0.2) is 12.3 Å². The number of hydrogen-bond acceptors (Lipinski definition) is 5. The summed E-state index contributed by atoms with van der Waals surface area (Å²) >= 11 is 0. The van der Waals surface area contributed by atoms with Crippen LogP contribution in [0.3, 0.4) is 0 Å². The fourth-order valence-corrected chi connectivity index (χ4v) is 1.56. The maximum Gasteiger partial charge on any atom is 0.357 e. The zero-order valence-electron chi connectivity index (χ0n) is 9.93. The fourth-order valence-electron chi connectivity index (χ4n) is 1.56. The monoisotopic (exact) mass is 235 g/mol. The van der Waals surface area contributed by atoms with Crippen LogP contribution in [0.4, 0.5) is 0 Å². The molecule has 2 aromatic heterocycles. The molecule has 0 aromatic carbocycles. The number of rotatable bonds is 3. The summed E-state index contributed by atoms with van der Waals surface area (Å²) < 4.78 is 11.7. The van der Waals surface area contributed by atoms with Gasteiger partial charge in [0.05, 0.1) is 25.3 Å². The van der Waals surface area contributed by atoms with E-state index in [1.54, 1.807) is 30.9 Å². The van der Waals surface area contributed by atoms with Gasteiger partial charge in [-0.1, -0.05) is 0 Å². The van der Waals surface area contributed by atoms with E-state index in [2.05, 4.69) is 10.1 Å². The molecule has 0 saturated heterocycles. The van der Waals surface area contributed by atoms with E-state index in [1.165, 1.54) is 7.11 Å². The van der Waals surface area contributed by atoms with Gasteiger partial charge in [0.2, 0.25) is 0 Å². The molecule has 6 nitrogen and oxygen atoms in total. The highest BCUT2D eigenvalue weighted by atomic mass is 16.5. The summed E-state index contributed by atoms with van der Waals surface area (Å²) in [7, 11) is 3.29. The number of pyridine rings is 1. The van der Waals surface area contributed by atoms with E-state index in [-0.39, 0.29) is 5.69 Å². The number of aromatic nitrogens is 3. The molecule has 0 bridgehead atoms. The lowest BCUT2D eigenvalue weighted by atomic mass is 10.2. The van der Waals surface area contributed by atoms with Crippen molar-refractivity contribution in [3.8, 4) is 5.75 Å². The zero-order valence-corrected chi connectivity index (χ0v) is 9.93. The minimum Gasteiger partial charge on any atom is -0.496 e. The standard InChI is InChI=1S/C11H13N3O3/c1-4-17-11(15)8-5-9(16-3)7-6-12-14(2)10(7)13-8/h5-6H,4H2,1-3H3. The third kappa shape index (κ3) is 1.93. The molecular formula is C11H13N3O3. The second-order valence-electron chi connectivity index (χ2n) is 3.44. The highest BCUT2D eigenvalue weighted by molar-refractivity contribution is 5.92. The van der Waals surface area contributed by atoms with E-state index in [0.717, 1.165) is 5.39 Å². The summed E-state index contributed by atoms with van der Waals surface area (Å²) in [6.45, 7) is 2.06. The lowest BCUT2D eigenvalue weighted by molar-refractivity contribution is 0.0519. The first-order chi connectivity index (χ1) is 8.17. The molecule has 0 aliphatic rings. The zero-order chi connectivity index (χ0) is 12.4. The van der Waals surface area contributed by atoms with Gasteiger partial charge in [-0.05, 0) is 6.92 Å². The number of carbonyl (C=O) groups excluding carboxylic acids is 1. The summed E-state index contributed by atoms with van der Waals surface area (Å²) in [5.41, 5.74) is 0.812. The molecule has 0 saturated carbocycles. The van der Waals surface area contributed by atoms with Gasteiger partial charge in [-0.25, -0.2) is 9.78 Å². The van der Waals surface area contributed by atoms with Crippen LogP contribution >= 0.6 is 0 Å². The van der Waals surface area contributed by atoms with Crippen molar-refractivity contribution in [2.45, 2.75) is 6.92 Å². The van der Waals surface area contributed by atoms with Crippen LogP contribution in [0.2, 0.25) is 0 Å². The molecule has 0 atom stereocenters. The van der Waals surface area contributed by atoms with Crippen molar-refractivity contribution in [3.63, 3.8) is 0 Å². The molecule has 0 unspecified atom stereocenters. The maximum atomic E-state index is 11.6. The van der Waals surface area contributed by atoms with E-state index in [9.17, 15) is 4.79 Å². The number of fused-ring (bicyclic) bond motifs is 1. The molecule has 0 amide bonds. The predicted molar refractivity (Wildman–Crippen MR) is 61.0 cm³/mol. The van der Waals surface area contributed by atoms with Gasteiger partial charge in [0.15, 0.2) is 11.3 Å². The fraction of sp³-hybridized carbons (Fsp3) is 0.364. The van der Waals surface area contributed by atoms with Crippen LogP contribution in [0.5, 0.6) is 5.75 Å². The molecule has 6 heteroatoms. The number of carbonyl (C=O) groups is 1. The minimum absolute atomic E-state index is 0.222. The van der Waals surface area contributed by atoms with Gasteiger partial charge in [-0.3, -0.25) is 4.68 Å². The van der Waals surface area contributed by atoms with Gasteiger partial charge in [0.25, 0.3) is 0 Å². The third-order valence-corrected chi connectivity index (χ3v) is 2.37. The first-order valence-corrected chi connectivity index (χ1v) is 5.21. The van der Waals surface area contributed by atoms with Gasteiger partial charge >= 0.3 is 5.97 Å². The van der Waals surface area contributed by atoms with Crippen molar-refractivity contribution < 1.29 is 14.3 Å². The van der Waals surface area contributed by atoms with Gasteiger partial charge < -0.3 is 9.47 Å². The number of esters is 1. The van der Waals surface area contributed by atoms with E-state index in [1.807, 2.05) is 0 Å². The average molecular weight is 235 g/mol. The van der Waals surface area contributed by atoms with Crippen LogP contribution in [-0.4, -0.2) is 34.5 Å². The first-order valence-electron chi connectivity index (χ1n) is 5.21. The lowest BCUT2D eigenvalue weighted by Crippen LogP contribution is -2.08. The Morgan fingerprint density at radius 3 is 2.94 bits per heavy atom. The Morgan fingerprint density at radius 1 is 1.53 bits per heavy atom. The number of nitrogens with zero attached hydrogens (tertiary/aromatic N) is 3. The number of aryl methyl sites for hydroxylation is 1. The van der Waals surface area contributed by atoms with Crippen LogP contribution in [0.25, 0.3) is 11.0 Å². The van der Waals surface area contributed by atoms with Gasteiger partial charge in [0.1, 0.15) is 5.75 Å². The first kappa shape index (κ1) is 11.4. The Kier molecular flexibility index (Phi) is 2.95. The van der Waals surface area contributed by atoms with Crippen molar-refractivity contribution in [3.05, 3.63) is 18.0 Å². The highest BCUT2D eigenvalue weighted by Crippen LogP contribution is 2.24. The number of methoxy groups -OCH3 is 1. The summed E-state index contributed by atoms with van der Waals surface area (Å²) in [5.74, 6) is 0.0973. The molecule has 2 aromatic rings. The Balaban J connectivity index is 2.58. The third-order valence-electron chi connectivity index (χ3n) is 2.37. The van der Waals surface area contributed by atoms with Crippen LogP contribution in [0.1, 0.15) is 17.4 Å². The molecule has 0 radical (unpaired) electrons. The van der Waals surface area contributed by atoms with E-state index >= 15 is 0 Å². The highest BCUT2D eigenvalue weighted by Gasteiger charge is 2.15. The smallest absolute Gasteiger partial charge is 0.357 e. The molecule has 0 aliphatic heterocycles. The summed E-state index contributed by atoms with van der Waals surface area (Å²) in [6.07, 6.45) is 1.65. The molecular weight excluding hydrogens is 222 g/mol. The largest absolute Gasteiger partial charge is 0.496 e. The summed E-state index contributed by atoms with van der Waals surface area (Å²) in [5, 5.41) is 4.84. The Labute approximate surface area is 98.2 Å². The second-order valence-corrected chi connectivity index (χ2v) is 3.44. The van der Waals surface area contributed by atoms with E-state index in [0.29, 0.717) is 18.0 Å². The molecule has 17 heavy (non-hydrogen) atoms. The molecule has 0 aliphatic carbocycles. The topological polar surface area (TPSA) is 66.2 Å². The molecule has 0 spiro atoms.